The Hall–Kier alpha value is -0.750. The minimum Gasteiger partial charge on any atom is -0.465 e. The van der Waals surface area contributed by atoms with Crippen LogP contribution >= 0.6 is 11.8 Å². The van der Waals surface area contributed by atoms with Crippen LogP contribution in [-0.4, -0.2) is 41.6 Å². The van der Waals surface area contributed by atoms with E-state index in [-0.39, 0.29) is 17.1 Å². The number of carbonyl (C=O) groups excluding carboxylic acids is 2. The van der Waals surface area contributed by atoms with Crippen molar-refractivity contribution in [2.75, 3.05) is 18.9 Å². The number of thioether (sulfide) groups is 1. The van der Waals surface area contributed by atoms with Crippen molar-refractivity contribution in [3.05, 3.63) is 0 Å². The van der Waals surface area contributed by atoms with E-state index in [0.717, 1.165) is 12.8 Å². The van der Waals surface area contributed by atoms with Gasteiger partial charge in [-0.05, 0) is 32.6 Å². The molecule has 0 aromatic carbocycles. The number of hydrogen-bond acceptors (Lipinski definition) is 5. The molecule has 19 heavy (non-hydrogen) atoms. The fraction of sp³-hybridized carbons (Fsp3) is 0.846. The first-order chi connectivity index (χ1) is 9.01. The van der Waals surface area contributed by atoms with Crippen LogP contribution in [0.3, 0.4) is 0 Å². The van der Waals surface area contributed by atoms with Gasteiger partial charge in [0.1, 0.15) is 5.54 Å². The number of hydrogen-bond donors (Lipinski definition) is 2. The zero-order chi connectivity index (χ0) is 14.3. The molecule has 1 saturated carbocycles. The molecule has 0 aliphatic heterocycles. The molecular weight excluding hydrogens is 264 g/mol. The summed E-state index contributed by atoms with van der Waals surface area (Å²) in [5.41, 5.74) is 5.22. The van der Waals surface area contributed by atoms with Gasteiger partial charge in [-0.1, -0.05) is 6.92 Å². The van der Waals surface area contributed by atoms with Gasteiger partial charge in [-0.25, -0.2) is 0 Å². The maximum Gasteiger partial charge on any atom is 0.326 e. The predicted octanol–water partition coefficient (Wildman–Crippen LogP) is 1.06. The second-order valence-corrected chi connectivity index (χ2v) is 6.19. The molecule has 0 aromatic rings. The number of nitrogens with two attached hydrogens (primary N) is 1. The van der Waals surface area contributed by atoms with Gasteiger partial charge >= 0.3 is 5.97 Å². The number of esters is 1. The average Bonchev–Trinajstić information content (AvgIpc) is 2.77. The van der Waals surface area contributed by atoms with Crippen molar-refractivity contribution >= 4 is 23.6 Å². The second-order valence-electron chi connectivity index (χ2n) is 4.90. The van der Waals surface area contributed by atoms with E-state index < -0.39 is 5.54 Å². The summed E-state index contributed by atoms with van der Waals surface area (Å²) in [5, 5.41) is 3.10. The smallest absolute Gasteiger partial charge is 0.326 e. The Kier molecular flexibility index (Phi) is 6.65. The zero-order valence-corrected chi connectivity index (χ0v) is 12.6. The van der Waals surface area contributed by atoms with Crippen LogP contribution in [-0.2, 0) is 14.3 Å². The van der Waals surface area contributed by atoms with Crippen LogP contribution in [0.1, 0.15) is 39.5 Å². The molecule has 2 unspecified atom stereocenters. The Bertz CT molecular complexity index is 325. The van der Waals surface area contributed by atoms with Crippen LogP contribution in [0.5, 0.6) is 0 Å². The van der Waals surface area contributed by atoms with Crippen molar-refractivity contribution in [3.63, 3.8) is 0 Å². The lowest BCUT2D eigenvalue weighted by molar-refractivity contribution is -0.149. The summed E-state index contributed by atoms with van der Waals surface area (Å²) < 4.78 is 5.00. The van der Waals surface area contributed by atoms with E-state index in [0.29, 0.717) is 31.7 Å². The predicted molar refractivity (Wildman–Crippen MR) is 76.9 cm³/mol. The van der Waals surface area contributed by atoms with Crippen LogP contribution in [0.4, 0.5) is 0 Å². The van der Waals surface area contributed by atoms with Gasteiger partial charge in [0.15, 0.2) is 0 Å². The number of carbonyl (C=O) groups is 2. The highest BCUT2D eigenvalue weighted by Gasteiger charge is 2.43. The van der Waals surface area contributed by atoms with Gasteiger partial charge in [-0.15, -0.1) is 11.8 Å². The third-order valence-corrected chi connectivity index (χ3v) is 4.51. The standard InChI is InChI=1S/C13H24N2O3S/c1-3-7-15-11(16)9-19-10-5-6-13(14,8-10)12(17)18-4-2/h10H,3-9,14H2,1-2H3,(H,15,16). The zero-order valence-electron chi connectivity index (χ0n) is 11.7. The van der Waals surface area contributed by atoms with Gasteiger partial charge in [-0.3, -0.25) is 9.59 Å². The second kappa shape index (κ2) is 7.75. The topological polar surface area (TPSA) is 81.4 Å². The van der Waals surface area contributed by atoms with Crippen LogP contribution < -0.4 is 11.1 Å². The molecule has 1 rings (SSSR count). The molecule has 1 aliphatic carbocycles. The van der Waals surface area contributed by atoms with Crippen molar-refractivity contribution in [1.82, 2.24) is 5.32 Å². The van der Waals surface area contributed by atoms with Crippen LogP contribution in [0.2, 0.25) is 0 Å². The van der Waals surface area contributed by atoms with Gasteiger partial charge < -0.3 is 15.8 Å². The van der Waals surface area contributed by atoms with Gasteiger partial charge in [-0.2, -0.15) is 0 Å². The van der Waals surface area contributed by atoms with Gasteiger partial charge in [0.05, 0.1) is 12.4 Å². The fourth-order valence-corrected chi connectivity index (χ4v) is 3.33. The van der Waals surface area contributed by atoms with Crippen LogP contribution in [0, 0.1) is 0 Å². The molecular formula is C13H24N2O3S. The van der Waals surface area contributed by atoms with E-state index in [1.54, 1.807) is 18.7 Å². The highest BCUT2D eigenvalue weighted by atomic mass is 32.2. The van der Waals surface area contributed by atoms with Gasteiger partial charge in [0.25, 0.3) is 0 Å². The first-order valence-electron chi connectivity index (χ1n) is 6.86. The molecule has 0 saturated heterocycles. The summed E-state index contributed by atoms with van der Waals surface area (Å²) in [5.74, 6) is 0.176. The minimum atomic E-state index is -0.854. The van der Waals surface area contributed by atoms with Crippen LogP contribution in [0.15, 0.2) is 0 Å². The SMILES string of the molecule is CCCNC(=O)CSC1CCC(N)(C(=O)OCC)C1. The Morgan fingerprint density at radius 3 is 2.84 bits per heavy atom. The quantitative estimate of drug-likeness (QED) is 0.685. The monoisotopic (exact) mass is 288 g/mol. The van der Waals surface area contributed by atoms with E-state index >= 15 is 0 Å². The average molecular weight is 288 g/mol. The van der Waals surface area contributed by atoms with Crippen molar-refractivity contribution in [2.24, 2.45) is 5.73 Å². The number of nitrogens with one attached hydrogen (secondary N) is 1. The largest absolute Gasteiger partial charge is 0.465 e. The Morgan fingerprint density at radius 2 is 2.21 bits per heavy atom. The molecule has 110 valence electrons. The van der Waals surface area contributed by atoms with E-state index in [9.17, 15) is 9.59 Å². The lowest BCUT2D eigenvalue weighted by Crippen LogP contribution is -2.47. The normalized spacial score (nSPS) is 26.2. The Balaban J connectivity index is 2.32. The molecule has 6 heteroatoms. The summed E-state index contributed by atoms with van der Waals surface area (Å²) in [4.78, 5) is 23.3. The molecule has 3 N–H and O–H groups in total. The van der Waals surface area contributed by atoms with Crippen molar-refractivity contribution in [3.8, 4) is 0 Å². The number of ether oxygens (including phenoxy) is 1. The molecule has 1 fully saturated rings. The third-order valence-electron chi connectivity index (χ3n) is 3.21. The third kappa shape index (κ3) is 5.03. The van der Waals surface area contributed by atoms with Crippen LogP contribution in [0.25, 0.3) is 0 Å². The molecule has 0 heterocycles. The minimum absolute atomic E-state index is 0.0532. The molecule has 2 atom stereocenters. The van der Waals surface area contributed by atoms with Crippen molar-refractivity contribution < 1.29 is 14.3 Å². The maximum atomic E-state index is 11.8. The van der Waals surface area contributed by atoms with E-state index in [4.69, 9.17) is 10.5 Å². The molecule has 0 aromatic heterocycles. The Labute approximate surface area is 119 Å². The first kappa shape index (κ1) is 16.3. The van der Waals surface area contributed by atoms with Gasteiger partial charge in [0, 0.05) is 11.8 Å². The molecule has 1 amide bonds. The summed E-state index contributed by atoms with van der Waals surface area (Å²) >= 11 is 1.58. The highest BCUT2D eigenvalue weighted by Crippen LogP contribution is 2.36. The van der Waals surface area contributed by atoms with E-state index in [1.807, 2.05) is 6.92 Å². The number of amides is 1. The summed E-state index contributed by atoms with van der Waals surface area (Å²) in [6.45, 7) is 4.87. The number of rotatable bonds is 7. The lowest BCUT2D eigenvalue weighted by Gasteiger charge is -2.21. The summed E-state index contributed by atoms with van der Waals surface area (Å²) in [7, 11) is 0. The van der Waals surface area contributed by atoms with Crippen molar-refractivity contribution in [2.45, 2.75) is 50.3 Å². The Morgan fingerprint density at radius 1 is 1.47 bits per heavy atom. The molecule has 0 bridgehead atoms. The molecule has 5 nitrogen and oxygen atoms in total. The summed E-state index contributed by atoms with van der Waals surface area (Å²) in [6.07, 6.45) is 3.04. The molecule has 0 spiro atoms. The molecule has 0 radical (unpaired) electrons. The lowest BCUT2D eigenvalue weighted by atomic mass is 10.00. The fourth-order valence-electron chi connectivity index (χ4n) is 2.14. The van der Waals surface area contributed by atoms with E-state index in [1.165, 1.54) is 0 Å². The first-order valence-corrected chi connectivity index (χ1v) is 7.91. The summed E-state index contributed by atoms with van der Waals surface area (Å²) in [6, 6.07) is 0. The van der Waals surface area contributed by atoms with Crippen molar-refractivity contribution in [1.29, 1.82) is 0 Å². The van der Waals surface area contributed by atoms with Gasteiger partial charge in [0.2, 0.25) is 5.91 Å². The highest BCUT2D eigenvalue weighted by molar-refractivity contribution is 8.00. The molecule has 1 aliphatic rings. The van der Waals surface area contributed by atoms with E-state index in [2.05, 4.69) is 5.32 Å². The maximum absolute atomic E-state index is 11.8.